The van der Waals surface area contributed by atoms with Crippen LogP contribution >= 0.6 is 0 Å². The lowest BCUT2D eigenvalue weighted by Crippen LogP contribution is -2.43. The van der Waals surface area contributed by atoms with Gasteiger partial charge in [-0.1, -0.05) is 25.9 Å². The molecule has 1 aromatic heterocycles. The van der Waals surface area contributed by atoms with Crippen molar-refractivity contribution >= 4 is 11.8 Å². The zero-order valence-electron chi connectivity index (χ0n) is 14.5. The monoisotopic (exact) mass is 321 g/mol. The fourth-order valence-corrected chi connectivity index (χ4v) is 2.94. The van der Waals surface area contributed by atoms with Crippen molar-refractivity contribution in [3.05, 3.63) is 17.0 Å². The molecule has 1 aromatic rings. The standard InChI is InChI=1S/C17H27N3O3/c1-5-8-18-16(21)13-6-9-20(10-7-13)17(22)14-12(4)19-23-15(14)11(2)3/h11,13H,5-10H2,1-4H3,(H,18,21). The predicted octanol–water partition coefficient (Wildman–Crippen LogP) is 2.48. The minimum atomic E-state index is -0.0279. The van der Waals surface area contributed by atoms with E-state index in [4.69, 9.17) is 4.52 Å². The quantitative estimate of drug-likeness (QED) is 0.904. The lowest BCUT2D eigenvalue weighted by Gasteiger charge is -2.31. The van der Waals surface area contributed by atoms with Gasteiger partial charge in [0.15, 0.2) is 5.76 Å². The van der Waals surface area contributed by atoms with Gasteiger partial charge in [0.25, 0.3) is 5.91 Å². The highest BCUT2D eigenvalue weighted by Crippen LogP contribution is 2.26. The summed E-state index contributed by atoms with van der Waals surface area (Å²) in [5, 5.41) is 6.88. The molecule has 128 valence electrons. The zero-order chi connectivity index (χ0) is 17.0. The number of hydrogen-bond acceptors (Lipinski definition) is 4. The lowest BCUT2D eigenvalue weighted by atomic mass is 9.94. The van der Waals surface area contributed by atoms with Gasteiger partial charge in [-0.25, -0.2) is 0 Å². The van der Waals surface area contributed by atoms with Crippen LogP contribution in [0.1, 0.15) is 67.8 Å². The molecule has 0 aliphatic carbocycles. The van der Waals surface area contributed by atoms with Crippen molar-refractivity contribution in [3.8, 4) is 0 Å². The number of carbonyl (C=O) groups is 2. The summed E-state index contributed by atoms with van der Waals surface area (Å²) in [6.45, 7) is 9.73. The molecule has 1 aliphatic heterocycles. The highest BCUT2D eigenvalue weighted by Gasteiger charge is 2.31. The third-order valence-electron chi connectivity index (χ3n) is 4.33. The molecule has 0 bridgehead atoms. The Morgan fingerprint density at radius 2 is 2.00 bits per heavy atom. The topological polar surface area (TPSA) is 75.4 Å². The van der Waals surface area contributed by atoms with E-state index in [9.17, 15) is 9.59 Å². The Labute approximate surface area is 137 Å². The van der Waals surface area contributed by atoms with Gasteiger partial charge in [-0.15, -0.1) is 0 Å². The van der Waals surface area contributed by atoms with Crippen molar-refractivity contribution in [2.75, 3.05) is 19.6 Å². The molecule has 2 heterocycles. The Balaban J connectivity index is 1.99. The SMILES string of the molecule is CCCNC(=O)C1CCN(C(=O)c2c(C)noc2C(C)C)CC1. The third kappa shape index (κ3) is 3.92. The highest BCUT2D eigenvalue weighted by molar-refractivity contribution is 5.96. The van der Waals surface area contributed by atoms with Crippen LogP contribution in [0.4, 0.5) is 0 Å². The summed E-state index contributed by atoms with van der Waals surface area (Å²) in [7, 11) is 0. The van der Waals surface area contributed by atoms with E-state index >= 15 is 0 Å². The van der Waals surface area contributed by atoms with Gasteiger partial charge in [-0.05, 0) is 26.2 Å². The molecule has 1 fully saturated rings. The summed E-state index contributed by atoms with van der Waals surface area (Å²) in [6.07, 6.45) is 2.36. The fraction of sp³-hybridized carbons (Fsp3) is 0.706. The summed E-state index contributed by atoms with van der Waals surface area (Å²) >= 11 is 0. The number of hydrogen-bond donors (Lipinski definition) is 1. The van der Waals surface area contributed by atoms with Crippen LogP contribution in [0.2, 0.25) is 0 Å². The van der Waals surface area contributed by atoms with Gasteiger partial charge >= 0.3 is 0 Å². The summed E-state index contributed by atoms with van der Waals surface area (Å²) in [5.41, 5.74) is 1.23. The third-order valence-corrected chi connectivity index (χ3v) is 4.33. The first-order valence-electron chi connectivity index (χ1n) is 8.48. The molecule has 1 saturated heterocycles. The maximum Gasteiger partial charge on any atom is 0.259 e. The second kappa shape index (κ2) is 7.62. The molecule has 1 N–H and O–H groups in total. The molecule has 6 heteroatoms. The first-order chi connectivity index (χ1) is 11.0. The average molecular weight is 321 g/mol. The Morgan fingerprint density at radius 3 is 2.57 bits per heavy atom. The molecule has 0 radical (unpaired) electrons. The number of aromatic nitrogens is 1. The van der Waals surface area contributed by atoms with E-state index in [2.05, 4.69) is 10.5 Å². The van der Waals surface area contributed by atoms with Crippen LogP contribution in [0, 0.1) is 12.8 Å². The Bertz CT molecular complexity index is 557. The van der Waals surface area contributed by atoms with Crippen molar-refractivity contribution in [2.45, 2.75) is 52.9 Å². The van der Waals surface area contributed by atoms with Gasteiger partial charge in [0.2, 0.25) is 5.91 Å². The Morgan fingerprint density at radius 1 is 1.35 bits per heavy atom. The van der Waals surface area contributed by atoms with Crippen molar-refractivity contribution in [1.29, 1.82) is 0 Å². The van der Waals surface area contributed by atoms with Gasteiger partial charge in [0.05, 0.1) is 5.69 Å². The second-order valence-corrected chi connectivity index (χ2v) is 6.52. The smallest absolute Gasteiger partial charge is 0.259 e. The van der Waals surface area contributed by atoms with E-state index in [1.807, 2.05) is 25.7 Å². The molecule has 0 saturated carbocycles. The zero-order valence-corrected chi connectivity index (χ0v) is 14.5. The number of rotatable bonds is 5. The molecule has 2 amide bonds. The number of nitrogens with one attached hydrogen (secondary N) is 1. The van der Waals surface area contributed by atoms with Gasteiger partial charge in [-0.3, -0.25) is 9.59 Å². The van der Waals surface area contributed by atoms with E-state index in [1.54, 1.807) is 6.92 Å². The van der Waals surface area contributed by atoms with Crippen LogP contribution in [-0.4, -0.2) is 41.5 Å². The first-order valence-corrected chi connectivity index (χ1v) is 8.48. The van der Waals surface area contributed by atoms with Crippen molar-refractivity contribution < 1.29 is 14.1 Å². The number of carbonyl (C=O) groups excluding carboxylic acids is 2. The van der Waals surface area contributed by atoms with Crippen molar-refractivity contribution in [2.24, 2.45) is 5.92 Å². The second-order valence-electron chi connectivity index (χ2n) is 6.52. The Kier molecular flexibility index (Phi) is 5.80. The van der Waals surface area contributed by atoms with Crippen molar-refractivity contribution in [3.63, 3.8) is 0 Å². The number of piperidine rings is 1. The predicted molar refractivity (Wildman–Crippen MR) is 87.3 cm³/mol. The highest BCUT2D eigenvalue weighted by atomic mass is 16.5. The minimum absolute atomic E-state index is 0.0127. The molecule has 0 unspecified atom stereocenters. The normalized spacial score (nSPS) is 16.0. The number of likely N-dealkylation sites (tertiary alicyclic amines) is 1. The first kappa shape index (κ1) is 17.5. The van der Waals surface area contributed by atoms with Crippen LogP contribution in [0.5, 0.6) is 0 Å². The minimum Gasteiger partial charge on any atom is -0.360 e. The lowest BCUT2D eigenvalue weighted by molar-refractivity contribution is -0.126. The largest absolute Gasteiger partial charge is 0.360 e. The average Bonchev–Trinajstić information content (AvgIpc) is 2.94. The van der Waals surface area contributed by atoms with Crippen molar-refractivity contribution in [1.82, 2.24) is 15.4 Å². The molecule has 2 rings (SSSR count). The van der Waals surface area contributed by atoms with E-state index in [-0.39, 0.29) is 23.7 Å². The molecule has 0 aromatic carbocycles. The Hall–Kier alpha value is -1.85. The molecule has 1 aliphatic rings. The number of aryl methyl sites for hydroxylation is 1. The van der Waals surface area contributed by atoms with Gasteiger partial charge in [0, 0.05) is 31.5 Å². The van der Waals surface area contributed by atoms with E-state index in [0.29, 0.717) is 42.9 Å². The van der Waals surface area contributed by atoms with Gasteiger partial charge in [0.1, 0.15) is 5.56 Å². The maximum atomic E-state index is 12.8. The molecule has 6 nitrogen and oxygen atoms in total. The molecule has 0 spiro atoms. The number of amides is 2. The molecular formula is C17H27N3O3. The van der Waals surface area contributed by atoms with E-state index in [0.717, 1.165) is 13.0 Å². The summed E-state index contributed by atoms with van der Waals surface area (Å²) in [6, 6.07) is 0. The van der Waals surface area contributed by atoms with Gasteiger partial charge in [-0.2, -0.15) is 0 Å². The molecular weight excluding hydrogens is 294 g/mol. The van der Waals surface area contributed by atoms with Crippen LogP contribution in [-0.2, 0) is 4.79 Å². The van der Waals surface area contributed by atoms with E-state index < -0.39 is 0 Å². The van der Waals surface area contributed by atoms with E-state index in [1.165, 1.54) is 0 Å². The fourth-order valence-electron chi connectivity index (χ4n) is 2.94. The van der Waals surface area contributed by atoms with Crippen LogP contribution in [0.3, 0.4) is 0 Å². The summed E-state index contributed by atoms with van der Waals surface area (Å²) < 4.78 is 5.31. The number of nitrogens with zero attached hydrogens (tertiary/aromatic N) is 2. The van der Waals surface area contributed by atoms with Gasteiger partial charge < -0.3 is 14.7 Å². The molecule has 0 atom stereocenters. The summed E-state index contributed by atoms with van der Waals surface area (Å²) in [5.74, 6) is 0.865. The van der Waals surface area contributed by atoms with Crippen LogP contribution in [0.25, 0.3) is 0 Å². The maximum absolute atomic E-state index is 12.8. The summed E-state index contributed by atoms with van der Waals surface area (Å²) in [4.78, 5) is 26.6. The molecule has 23 heavy (non-hydrogen) atoms. The van der Waals surface area contributed by atoms with Crippen LogP contribution in [0.15, 0.2) is 4.52 Å². The van der Waals surface area contributed by atoms with Crippen LogP contribution < -0.4 is 5.32 Å².